The number of aromatic amines is 1. The maximum atomic E-state index is 11.7. The lowest BCUT2D eigenvalue weighted by molar-refractivity contribution is -0.677. The number of carbonyl (C=O) groups excluding carboxylic acids is 1. The Labute approximate surface area is 114 Å². The van der Waals surface area contributed by atoms with Gasteiger partial charge in [-0.3, -0.25) is 0 Å². The molecule has 1 heterocycles. The summed E-state index contributed by atoms with van der Waals surface area (Å²) in [5, 5.41) is 9.27. The quantitative estimate of drug-likeness (QED) is 0.665. The predicted molar refractivity (Wildman–Crippen MR) is 52.3 cm³/mol. The van der Waals surface area contributed by atoms with Gasteiger partial charge in [-0.2, -0.15) is 30.7 Å². The van der Waals surface area contributed by atoms with E-state index in [0.29, 0.717) is 0 Å². The van der Waals surface area contributed by atoms with Gasteiger partial charge in [0.1, 0.15) is 18.4 Å². The van der Waals surface area contributed by atoms with Crippen LogP contribution in [0.5, 0.6) is 0 Å². The van der Waals surface area contributed by atoms with Crippen LogP contribution in [0.4, 0.5) is 30.7 Å². The number of aliphatic carboxylic acids is 1. The van der Waals surface area contributed by atoms with E-state index >= 15 is 0 Å². The Kier molecular flexibility index (Phi) is 5.76. The Bertz CT molecular complexity index is 482. The SMILES string of the molecule is CCc1[nH]cc[n+]1C.O=C([O-])C(F)(F)C(F)(F)C(F)(F)F. The third-order valence-electron chi connectivity index (χ3n) is 2.32. The molecule has 0 aliphatic rings. The third-order valence-corrected chi connectivity index (χ3v) is 2.32. The number of hydrogen-bond donors (Lipinski definition) is 1. The molecular formula is C10H11F7N2O2. The summed E-state index contributed by atoms with van der Waals surface area (Å²) < 4.78 is 82.3. The highest BCUT2D eigenvalue weighted by Crippen LogP contribution is 2.46. The molecule has 0 saturated heterocycles. The molecule has 0 aliphatic heterocycles. The first-order chi connectivity index (χ1) is 9.29. The van der Waals surface area contributed by atoms with E-state index in [0.717, 1.165) is 6.42 Å². The summed E-state index contributed by atoms with van der Waals surface area (Å²) in [4.78, 5) is 12.4. The van der Waals surface area contributed by atoms with Crippen molar-refractivity contribution in [1.82, 2.24) is 4.98 Å². The Morgan fingerprint density at radius 1 is 1.24 bits per heavy atom. The van der Waals surface area contributed by atoms with Crippen molar-refractivity contribution in [2.45, 2.75) is 31.4 Å². The Balaban J connectivity index is 0.000000423. The van der Waals surface area contributed by atoms with Crippen molar-refractivity contribution in [3.63, 3.8) is 0 Å². The van der Waals surface area contributed by atoms with Gasteiger partial charge in [0.05, 0.1) is 7.05 Å². The summed E-state index contributed by atoms with van der Waals surface area (Å²) in [7, 11) is 2.04. The van der Waals surface area contributed by atoms with Crippen molar-refractivity contribution < 1.29 is 45.2 Å². The van der Waals surface area contributed by atoms with Gasteiger partial charge in [-0.1, -0.05) is 6.92 Å². The number of alkyl halides is 7. The maximum absolute atomic E-state index is 11.7. The summed E-state index contributed by atoms with van der Waals surface area (Å²) in [5.41, 5.74) is 0. The molecule has 0 bridgehead atoms. The van der Waals surface area contributed by atoms with Crippen LogP contribution in [0.1, 0.15) is 12.7 Å². The van der Waals surface area contributed by atoms with E-state index in [9.17, 15) is 40.6 Å². The van der Waals surface area contributed by atoms with E-state index in [-0.39, 0.29) is 0 Å². The van der Waals surface area contributed by atoms with Crippen LogP contribution < -0.4 is 9.67 Å². The lowest BCUT2D eigenvalue weighted by atomic mass is 10.1. The van der Waals surface area contributed by atoms with Crippen molar-refractivity contribution in [2.24, 2.45) is 7.05 Å². The first-order valence-electron chi connectivity index (χ1n) is 5.34. The Morgan fingerprint density at radius 3 is 1.86 bits per heavy atom. The standard InChI is InChI=1S/C6H10N2.C4HF7O2/c1-3-6-7-4-5-8(6)2;5-2(6,1(12)13)3(7,8)4(9,10)11/h4-5H,3H2,1-2H3;(H,12,13). The number of hydrogen-bond acceptors (Lipinski definition) is 2. The van der Waals surface area contributed by atoms with Gasteiger partial charge < -0.3 is 9.90 Å². The van der Waals surface area contributed by atoms with Crippen molar-refractivity contribution in [3.05, 3.63) is 18.2 Å². The number of halogens is 7. The van der Waals surface area contributed by atoms with Gasteiger partial charge in [-0.15, -0.1) is 0 Å². The number of H-pyrrole nitrogens is 1. The molecule has 1 aromatic rings. The largest absolute Gasteiger partial charge is 0.544 e. The number of imidazole rings is 1. The number of nitrogens with zero attached hydrogens (tertiary/aromatic N) is 1. The van der Waals surface area contributed by atoms with Gasteiger partial charge >= 0.3 is 18.0 Å². The Morgan fingerprint density at radius 2 is 1.71 bits per heavy atom. The normalized spacial score (nSPS) is 12.6. The molecule has 0 aromatic carbocycles. The first kappa shape index (κ1) is 19.2. The summed E-state index contributed by atoms with van der Waals surface area (Å²) in [5.74, 6) is -15.4. The van der Waals surface area contributed by atoms with Gasteiger partial charge in [-0.05, 0) is 0 Å². The van der Waals surface area contributed by atoms with Crippen LogP contribution in [0.3, 0.4) is 0 Å². The molecule has 0 fully saturated rings. The number of carboxylic acids is 1. The fourth-order valence-corrected chi connectivity index (χ4v) is 1.09. The second-order valence-electron chi connectivity index (χ2n) is 3.81. The van der Waals surface area contributed by atoms with E-state index in [2.05, 4.69) is 16.5 Å². The number of carboxylic acid groups (broad SMARTS) is 1. The topological polar surface area (TPSA) is 59.8 Å². The van der Waals surface area contributed by atoms with E-state index in [1.165, 1.54) is 5.82 Å². The number of rotatable bonds is 3. The number of carbonyl (C=O) groups is 1. The van der Waals surface area contributed by atoms with Crippen molar-refractivity contribution >= 4 is 5.97 Å². The summed E-state index contributed by atoms with van der Waals surface area (Å²) in [6.45, 7) is 2.13. The smallest absolute Gasteiger partial charge is 0.460 e. The molecule has 0 spiro atoms. The molecule has 1 N–H and O–H groups in total. The summed E-state index contributed by atoms with van der Waals surface area (Å²) in [6.07, 6.45) is -1.61. The van der Waals surface area contributed by atoms with Crippen LogP contribution in [-0.4, -0.2) is 29.0 Å². The molecule has 0 aliphatic carbocycles. The summed E-state index contributed by atoms with van der Waals surface area (Å²) in [6, 6.07) is 0. The lowest BCUT2D eigenvalue weighted by Crippen LogP contribution is -2.60. The van der Waals surface area contributed by atoms with Crippen LogP contribution in [0.25, 0.3) is 0 Å². The fraction of sp³-hybridized carbons (Fsp3) is 0.600. The molecule has 4 nitrogen and oxygen atoms in total. The predicted octanol–water partition coefficient (Wildman–Crippen LogP) is 0.971. The summed E-state index contributed by atoms with van der Waals surface area (Å²) >= 11 is 0. The van der Waals surface area contributed by atoms with Crippen LogP contribution in [0, 0.1) is 0 Å². The molecule has 0 unspecified atom stereocenters. The van der Waals surface area contributed by atoms with Gasteiger partial charge in [0, 0.05) is 6.42 Å². The minimum absolute atomic E-state index is 1.07. The highest BCUT2D eigenvalue weighted by Gasteiger charge is 2.73. The monoisotopic (exact) mass is 324 g/mol. The third kappa shape index (κ3) is 4.08. The average Bonchev–Trinajstić information content (AvgIpc) is 2.73. The average molecular weight is 324 g/mol. The van der Waals surface area contributed by atoms with Crippen LogP contribution >= 0.6 is 0 Å². The van der Waals surface area contributed by atoms with Crippen LogP contribution in [-0.2, 0) is 18.3 Å². The molecule has 0 radical (unpaired) electrons. The molecule has 1 aromatic heterocycles. The molecule has 122 valence electrons. The molecule has 0 atom stereocenters. The Hall–Kier alpha value is -1.81. The number of aryl methyl sites for hydroxylation is 2. The van der Waals surface area contributed by atoms with Crippen LogP contribution in [0.15, 0.2) is 12.4 Å². The van der Waals surface area contributed by atoms with E-state index in [1.54, 1.807) is 0 Å². The minimum atomic E-state index is -6.64. The second-order valence-corrected chi connectivity index (χ2v) is 3.81. The number of aromatic nitrogens is 2. The maximum Gasteiger partial charge on any atom is 0.460 e. The molecule has 21 heavy (non-hydrogen) atoms. The molecule has 0 amide bonds. The van der Waals surface area contributed by atoms with Crippen LogP contribution in [0.2, 0.25) is 0 Å². The zero-order valence-electron chi connectivity index (χ0n) is 10.8. The van der Waals surface area contributed by atoms with Gasteiger partial charge in [0.15, 0.2) is 0 Å². The minimum Gasteiger partial charge on any atom is -0.544 e. The van der Waals surface area contributed by atoms with E-state index in [4.69, 9.17) is 0 Å². The van der Waals surface area contributed by atoms with E-state index < -0.39 is 24.0 Å². The van der Waals surface area contributed by atoms with Gasteiger partial charge in [-0.25, -0.2) is 9.55 Å². The van der Waals surface area contributed by atoms with Gasteiger partial charge in [0.2, 0.25) is 0 Å². The first-order valence-corrected chi connectivity index (χ1v) is 5.34. The van der Waals surface area contributed by atoms with Gasteiger partial charge in [0.25, 0.3) is 5.82 Å². The molecule has 0 saturated carbocycles. The number of nitrogens with one attached hydrogen (secondary N) is 1. The zero-order valence-corrected chi connectivity index (χ0v) is 10.8. The molecule has 1 rings (SSSR count). The fourth-order valence-electron chi connectivity index (χ4n) is 1.09. The van der Waals surface area contributed by atoms with Crippen molar-refractivity contribution in [1.29, 1.82) is 0 Å². The van der Waals surface area contributed by atoms with E-state index in [1.807, 2.05) is 19.4 Å². The molecular weight excluding hydrogens is 313 g/mol. The highest BCUT2D eigenvalue weighted by atomic mass is 19.4. The lowest BCUT2D eigenvalue weighted by Gasteiger charge is -2.28. The second kappa shape index (κ2) is 6.31. The highest BCUT2D eigenvalue weighted by molar-refractivity contribution is 5.74. The van der Waals surface area contributed by atoms with Crippen molar-refractivity contribution in [3.8, 4) is 0 Å². The van der Waals surface area contributed by atoms with Crippen molar-refractivity contribution in [2.75, 3.05) is 0 Å². The zero-order chi connectivity index (χ0) is 17.1. The molecule has 11 heteroatoms.